The normalized spacial score (nSPS) is 10.4. The first-order valence-corrected chi connectivity index (χ1v) is 5.39. The molecule has 2 aromatic rings. The highest BCUT2D eigenvalue weighted by Gasteiger charge is 2.06. The van der Waals surface area contributed by atoms with Crippen molar-refractivity contribution < 1.29 is 9.90 Å². The lowest BCUT2D eigenvalue weighted by Crippen LogP contribution is -2.08. The Morgan fingerprint density at radius 3 is 2.76 bits per heavy atom. The van der Waals surface area contributed by atoms with Crippen LogP contribution >= 0.6 is 0 Å². The highest BCUT2D eigenvalue weighted by Crippen LogP contribution is 2.06. The second-order valence-corrected chi connectivity index (χ2v) is 3.76. The van der Waals surface area contributed by atoms with Crippen molar-refractivity contribution in [1.82, 2.24) is 15.0 Å². The summed E-state index contributed by atoms with van der Waals surface area (Å²) in [6.07, 6.45) is 2.17. The Labute approximate surface area is 98.7 Å². The Balaban J connectivity index is 2.06. The molecule has 5 nitrogen and oxygen atoms in total. The van der Waals surface area contributed by atoms with E-state index in [0.717, 1.165) is 11.3 Å². The summed E-state index contributed by atoms with van der Waals surface area (Å²) in [5, 5.41) is 16.4. The van der Waals surface area contributed by atoms with Gasteiger partial charge in [-0.3, -0.25) is 4.79 Å². The lowest BCUT2D eigenvalue weighted by Gasteiger charge is -2.05. The number of carbonyl (C=O) groups is 1. The lowest BCUT2D eigenvalue weighted by molar-refractivity contribution is -0.136. The van der Waals surface area contributed by atoms with E-state index in [1.807, 2.05) is 30.3 Å². The molecule has 0 atom stereocenters. The van der Waals surface area contributed by atoms with E-state index in [1.165, 1.54) is 0 Å². The molecule has 0 bridgehead atoms. The first kappa shape index (κ1) is 11.3. The summed E-state index contributed by atoms with van der Waals surface area (Å²) >= 11 is 0. The summed E-state index contributed by atoms with van der Waals surface area (Å²) in [6, 6.07) is 9.88. The Kier molecular flexibility index (Phi) is 3.49. The summed E-state index contributed by atoms with van der Waals surface area (Å²) in [5.74, 6) is -0.808. The van der Waals surface area contributed by atoms with Crippen molar-refractivity contribution in [3.8, 4) is 0 Å². The van der Waals surface area contributed by atoms with Gasteiger partial charge in [0.05, 0.1) is 24.9 Å². The Morgan fingerprint density at radius 1 is 1.29 bits per heavy atom. The number of hydrogen-bond donors (Lipinski definition) is 1. The van der Waals surface area contributed by atoms with E-state index in [0.29, 0.717) is 13.0 Å². The number of aliphatic carboxylic acids is 1. The molecule has 0 saturated heterocycles. The molecule has 0 aliphatic rings. The standard InChI is InChI=1S/C12H13N3O2/c16-12(17)7-6-11-8-13-14-15(11)9-10-4-2-1-3-5-10/h1-5,8H,6-7,9H2,(H,16,17). The number of benzene rings is 1. The molecule has 5 heteroatoms. The maximum atomic E-state index is 10.5. The summed E-state index contributed by atoms with van der Waals surface area (Å²) in [5.41, 5.74) is 1.96. The molecule has 17 heavy (non-hydrogen) atoms. The van der Waals surface area contributed by atoms with Crippen LogP contribution in [0.5, 0.6) is 0 Å². The number of hydrogen-bond acceptors (Lipinski definition) is 3. The number of carboxylic acid groups (broad SMARTS) is 1. The van der Waals surface area contributed by atoms with Crippen LogP contribution in [0.25, 0.3) is 0 Å². The molecule has 88 valence electrons. The third-order valence-electron chi connectivity index (χ3n) is 2.47. The first-order valence-electron chi connectivity index (χ1n) is 5.39. The Bertz CT molecular complexity index is 493. The van der Waals surface area contributed by atoms with Gasteiger partial charge in [0, 0.05) is 6.42 Å². The average Bonchev–Trinajstić information content (AvgIpc) is 2.75. The van der Waals surface area contributed by atoms with Gasteiger partial charge in [-0.2, -0.15) is 0 Å². The highest BCUT2D eigenvalue weighted by atomic mass is 16.4. The Morgan fingerprint density at radius 2 is 2.06 bits per heavy atom. The summed E-state index contributed by atoms with van der Waals surface area (Å²) in [7, 11) is 0. The van der Waals surface area contributed by atoms with Crippen LogP contribution in [0.4, 0.5) is 0 Å². The molecular weight excluding hydrogens is 218 g/mol. The topological polar surface area (TPSA) is 68.0 Å². The zero-order valence-corrected chi connectivity index (χ0v) is 9.28. The number of aromatic nitrogens is 3. The van der Waals surface area contributed by atoms with Crippen LogP contribution in [0.2, 0.25) is 0 Å². The minimum absolute atomic E-state index is 0.0994. The quantitative estimate of drug-likeness (QED) is 0.843. The fourth-order valence-electron chi connectivity index (χ4n) is 1.60. The van der Waals surface area contributed by atoms with E-state index in [9.17, 15) is 4.79 Å². The van der Waals surface area contributed by atoms with E-state index < -0.39 is 5.97 Å². The molecule has 1 aromatic carbocycles. The molecule has 0 spiro atoms. The van der Waals surface area contributed by atoms with E-state index in [2.05, 4.69) is 10.3 Å². The predicted octanol–water partition coefficient (Wildman–Crippen LogP) is 1.34. The SMILES string of the molecule is O=C(O)CCc1cnnn1Cc1ccccc1. The van der Waals surface area contributed by atoms with Gasteiger partial charge >= 0.3 is 5.97 Å². The number of nitrogens with zero attached hydrogens (tertiary/aromatic N) is 3. The molecule has 1 N–H and O–H groups in total. The predicted molar refractivity (Wildman–Crippen MR) is 61.5 cm³/mol. The van der Waals surface area contributed by atoms with Gasteiger partial charge in [-0.05, 0) is 5.56 Å². The van der Waals surface area contributed by atoms with E-state index in [4.69, 9.17) is 5.11 Å². The third-order valence-corrected chi connectivity index (χ3v) is 2.47. The first-order chi connectivity index (χ1) is 8.25. The smallest absolute Gasteiger partial charge is 0.303 e. The van der Waals surface area contributed by atoms with Gasteiger partial charge in [-0.25, -0.2) is 4.68 Å². The van der Waals surface area contributed by atoms with Gasteiger partial charge in [0.15, 0.2) is 0 Å². The van der Waals surface area contributed by atoms with Crippen LogP contribution in [0.15, 0.2) is 36.5 Å². The van der Waals surface area contributed by atoms with Crippen LogP contribution in [0.1, 0.15) is 17.7 Å². The molecule has 1 aromatic heterocycles. The second kappa shape index (κ2) is 5.25. The lowest BCUT2D eigenvalue weighted by atomic mass is 10.2. The molecule has 0 aliphatic heterocycles. The van der Waals surface area contributed by atoms with Gasteiger partial charge < -0.3 is 5.11 Å². The molecule has 1 heterocycles. The largest absolute Gasteiger partial charge is 0.481 e. The summed E-state index contributed by atoms with van der Waals surface area (Å²) in [6.45, 7) is 0.621. The second-order valence-electron chi connectivity index (χ2n) is 3.76. The zero-order valence-electron chi connectivity index (χ0n) is 9.28. The van der Waals surface area contributed by atoms with Gasteiger partial charge in [-0.1, -0.05) is 35.5 Å². The van der Waals surface area contributed by atoms with Crippen LogP contribution in [0, 0.1) is 0 Å². The fraction of sp³-hybridized carbons (Fsp3) is 0.250. The maximum Gasteiger partial charge on any atom is 0.303 e. The zero-order chi connectivity index (χ0) is 12.1. The number of rotatable bonds is 5. The third kappa shape index (κ3) is 3.14. The van der Waals surface area contributed by atoms with Gasteiger partial charge in [-0.15, -0.1) is 5.10 Å². The van der Waals surface area contributed by atoms with Gasteiger partial charge in [0.2, 0.25) is 0 Å². The van der Waals surface area contributed by atoms with Crippen molar-refractivity contribution in [2.75, 3.05) is 0 Å². The van der Waals surface area contributed by atoms with Crippen molar-refractivity contribution in [1.29, 1.82) is 0 Å². The van der Waals surface area contributed by atoms with Crippen LogP contribution < -0.4 is 0 Å². The maximum absolute atomic E-state index is 10.5. The summed E-state index contributed by atoms with van der Waals surface area (Å²) in [4.78, 5) is 10.5. The van der Waals surface area contributed by atoms with Crippen molar-refractivity contribution in [3.63, 3.8) is 0 Å². The Hall–Kier alpha value is -2.17. The minimum atomic E-state index is -0.808. The van der Waals surface area contributed by atoms with Gasteiger partial charge in [0.25, 0.3) is 0 Å². The number of aryl methyl sites for hydroxylation is 1. The molecule has 0 aliphatic carbocycles. The van der Waals surface area contributed by atoms with E-state index >= 15 is 0 Å². The molecule has 0 fully saturated rings. The fourth-order valence-corrected chi connectivity index (χ4v) is 1.60. The molecule has 0 radical (unpaired) electrons. The highest BCUT2D eigenvalue weighted by molar-refractivity contribution is 5.66. The molecule has 0 amide bonds. The van der Waals surface area contributed by atoms with Crippen molar-refractivity contribution >= 4 is 5.97 Å². The average molecular weight is 231 g/mol. The van der Waals surface area contributed by atoms with Crippen LogP contribution in [0.3, 0.4) is 0 Å². The van der Waals surface area contributed by atoms with Crippen molar-refractivity contribution in [3.05, 3.63) is 47.8 Å². The van der Waals surface area contributed by atoms with Crippen molar-refractivity contribution in [2.24, 2.45) is 0 Å². The van der Waals surface area contributed by atoms with Gasteiger partial charge in [0.1, 0.15) is 0 Å². The minimum Gasteiger partial charge on any atom is -0.481 e. The number of carboxylic acids is 1. The molecular formula is C12H13N3O2. The van der Waals surface area contributed by atoms with Crippen molar-refractivity contribution in [2.45, 2.75) is 19.4 Å². The monoisotopic (exact) mass is 231 g/mol. The summed E-state index contributed by atoms with van der Waals surface area (Å²) < 4.78 is 1.73. The molecule has 0 saturated carbocycles. The molecule has 0 unspecified atom stereocenters. The molecule has 2 rings (SSSR count). The van der Waals surface area contributed by atoms with Crippen LogP contribution in [-0.2, 0) is 17.8 Å². The van der Waals surface area contributed by atoms with E-state index in [1.54, 1.807) is 10.9 Å². The van der Waals surface area contributed by atoms with E-state index in [-0.39, 0.29) is 6.42 Å². The van der Waals surface area contributed by atoms with Crippen LogP contribution in [-0.4, -0.2) is 26.1 Å².